The Hall–Kier alpha value is 5.36. The summed E-state index contributed by atoms with van der Waals surface area (Å²) in [7, 11) is 0. The first kappa shape index (κ1) is 25.4. The molecule has 0 aliphatic heterocycles. The molecule has 0 aromatic carbocycles. The van der Waals surface area contributed by atoms with Gasteiger partial charge in [-0.05, 0) is 0 Å². The normalized spacial score (nSPS) is 16.5. The zero-order chi connectivity index (χ0) is 17.0. The van der Waals surface area contributed by atoms with Crippen molar-refractivity contribution in [3.63, 3.8) is 0 Å². The van der Waals surface area contributed by atoms with Crippen molar-refractivity contribution in [3.8, 4) is 0 Å². The van der Waals surface area contributed by atoms with E-state index in [-0.39, 0.29) is 0 Å². The molecule has 0 radical (unpaired) electrons. The zero-order valence-corrected chi connectivity index (χ0v) is 24.9. The second kappa shape index (κ2) is 7.77. The van der Waals surface area contributed by atoms with Crippen LogP contribution in [0.3, 0.4) is 0 Å². The van der Waals surface area contributed by atoms with Gasteiger partial charge in [-0.3, -0.25) is 0 Å². The molecular weight excluding hydrogens is 665 g/mol. The van der Waals surface area contributed by atoms with E-state index >= 15 is 0 Å². The van der Waals surface area contributed by atoms with Crippen molar-refractivity contribution in [2.24, 2.45) is 0 Å². The maximum atomic E-state index is 6.53. The molecule has 0 N–H and O–H groups in total. The molecule has 0 aromatic heterocycles. The lowest BCUT2D eigenvalue weighted by atomic mass is 25.9. The van der Waals surface area contributed by atoms with Crippen molar-refractivity contribution < 1.29 is 0 Å². The Balaban J connectivity index is 6.71. The van der Waals surface area contributed by atoms with Crippen LogP contribution in [0.4, 0.5) is 0 Å². The fourth-order valence-electron chi connectivity index (χ4n) is 1.10. The lowest BCUT2D eigenvalue weighted by Crippen LogP contribution is -2.87. The van der Waals surface area contributed by atoms with Crippen LogP contribution in [0.15, 0.2) is 0 Å². The molecule has 0 bridgehead atoms. The van der Waals surface area contributed by atoms with Gasteiger partial charge in [0.1, 0.15) is 0 Å². The summed E-state index contributed by atoms with van der Waals surface area (Å²) in [6, 6.07) is 0. The minimum absolute atomic E-state index is 3.92. The predicted octanol–water partition coefficient (Wildman–Crippen LogP) is 7.37. The molecule has 20 heavy (non-hydrogen) atoms. The highest BCUT2D eigenvalue weighted by Crippen LogP contribution is 2.60. The van der Waals surface area contributed by atoms with E-state index in [1.807, 2.05) is 0 Å². The number of hydrogen-bond donors (Lipinski definition) is 0. The van der Waals surface area contributed by atoms with E-state index in [1.165, 1.54) is 0 Å². The molecule has 0 aliphatic rings. The van der Waals surface area contributed by atoms with Gasteiger partial charge in [-0.25, -0.2) is 0 Å². The average molecular weight is 665 g/mol. The summed E-state index contributed by atoms with van der Waals surface area (Å²) in [6.45, 7) is 0. The van der Waals surface area contributed by atoms with Crippen LogP contribution in [0.2, 0.25) is 0 Å². The summed E-state index contributed by atoms with van der Waals surface area (Å²) in [6.07, 6.45) is 0. The van der Waals surface area contributed by atoms with E-state index in [9.17, 15) is 0 Å². The molecule has 122 valence electrons. The van der Waals surface area contributed by atoms with Gasteiger partial charge in [0, 0.05) is 0 Å². The van der Waals surface area contributed by atoms with Gasteiger partial charge < -0.3 is 0 Å². The van der Waals surface area contributed by atoms with Gasteiger partial charge in [-0.1, -0.05) is 0 Å². The Morgan fingerprint density at radius 1 is 0.250 bits per heavy atom. The molecule has 0 saturated heterocycles. The van der Waals surface area contributed by atoms with Crippen molar-refractivity contribution in [1.82, 2.24) is 0 Å². The van der Waals surface area contributed by atoms with Crippen molar-refractivity contribution in [1.29, 1.82) is 0 Å². The molecule has 0 nitrogen and oxygen atoms in total. The lowest BCUT2D eigenvalue weighted by Gasteiger charge is -2.47. The summed E-state index contributed by atoms with van der Waals surface area (Å²) >= 11 is 85.6. The molecule has 0 saturated carbocycles. The maximum absolute atomic E-state index is 6.53. The van der Waals surface area contributed by atoms with Crippen LogP contribution in [-0.2, 0) is 0 Å². The molecule has 0 amide bonds. The third-order valence-electron chi connectivity index (χ3n) is 2.04. The SMILES string of the molecule is Cl[Si](Cl)(Cl)[Si](Cl)([Si](Cl)(Cl)Cl)[Si](Cl)([Si](Cl)(Cl)Cl)[Si](Cl)(Cl)Cl. The van der Waals surface area contributed by atoms with Crippen LogP contribution in [0, 0.1) is 0 Å². The molecule has 0 aromatic rings. The standard InChI is InChI=1S/Cl14Si6/c1-15(2,3)19(13,16(4,5)6)20(14,17(7,8)9)18(10,11)12. The zero-order valence-electron chi connectivity index (χ0n) is 8.29. The number of rotatable bonds is 5. The summed E-state index contributed by atoms with van der Waals surface area (Å²) in [5, 5.41) is 0. The molecular formula is Cl14Si6. The van der Waals surface area contributed by atoms with Gasteiger partial charge in [0.05, 0.1) is 0 Å². The van der Waals surface area contributed by atoms with Crippen molar-refractivity contribution in [2.75, 3.05) is 0 Å². The Kier molecular flexibility index (Phi) is 9.85. The molecule has 20 heteroatoms. The summed E-state index contributed by atoms with van der Waals surface area (Å²) in [4.78, 5) is 0. The van der Waals surface area contributed by atoms with E-state index in [1.54, 1.807) is 0 Å². The third kappa shape index (κ3) is 4.61. The average Bonchev–Trinajstić information content (AvgIpc) is 2.07. The molecule has 0 spiro atoms. The Morgan fingerprint density at radius 2 is 0.350 bits per heavy atom. The minimum atomic E-state index is -4.10. The minimum Gasteiger partial charge on any atom is -0.167 e. The quantitative estimate of drug-likeness (QED) is 0.213. The highest BCUT2D eigenvalue weighted by molar-refractivity contribution is 8.46. The van der Waals surface area contributed by atoms with Gasteiger partial charge in [0.2, 0.25) is 0 Å². The van der Waals surface area contributed by atoms with E-state index in [0.717, 1.165) is 0 Å². The summed E-state index contributed by atoms with van der Waals surface area (Å²) < 4.78 is 0. The summed E-state index contributed by atoms with van der Waals surface area (Å²) in [5.41, 5.74) is -15.7. The van der Waals surface area contributed by atoms with Crippen molar-refractivity contribution >= 4 is 189 Å². The molecule has 0 fully saturated rings. The largest absolute Gasteiger partial charge is 0.342 e. The third-order valence-corrected chi connectivity index (χ3v) is 165. The number of halogens is 14. The second-order valence-corrected chi connectivity index (χ2v) is 89.3. The van der Waals surface area contributed by atoms with Crippen molar-refractivity contribution in [2.45, 2.75) is 0 Å². The van der Waals surface area contributed by atoms with Crippen LogP contribution < -0.4 is 0 Å². The molecule has 0 unspecified atom stereocenters. The molecule has 0 rings (SSSR count). The topological polar surface area (TPSA) is 0 Å². The highest BCUT2D eigenvalue weighted by atomic mass is 35.9. The predicted molar refractivity (Wildman–Crippen MR) is 116 cm³/mol. The summed E-state index contributed by atoms with van der Waals surface area (Å²) in [5.74, 6) is -8.20. The number of hydrogen-bond acceptors (Lipinski definition) is 0. The van der Waals surface area contributed by atoms with Gasteiger partial charge in [0.25, 0.3) is 11.9 Å². The van der Waals surface area contributed by atoms with Gasteiger partial charge in [-0.15, -0.1) is 133 Å². The van der Waals surface area contributed by atoms with Gasteiger partial charge >= 0.3 is 22.1 Å². The maximum Gasteiger partial charge on any atom is 0.342 e. The van der Waals surface area contributed by atoms with Crippen molar-refractivity contribution in [3.05, 3.63) is 0 Å². The molecule has 0 aliphatic carbocycles. The van der Waals surface area contributed by atoms with Crippen LogP contribution in [-0.4, -0.2) is 34.0 Å². The first-order valence-corrected chi connectivity index (χ1v) is 35.1. The smallest absolute Gasteiger partial charge is 0.167 e. The van der Waals surface area contributed by atoms with E-state index in [4.69, 9.17) is 155 Å². The van der Waals surface area contributed by atoms with Crippen LogP contribution in [0.1, 0.15) is 0 Å². The van der Waals surface area contributed by atoms with Crippen LogP contribution in [0.25, 0.3) is 0 Å². The first-order chi connectivity index (χ1) is 8.25. The monoisotopic (exact) mass is 657 g/mol. The fraction of sp³-hybridized carbons (Fsp3) is 0. The van der Waals surface area contributed by atoms with Crippen LogP contribution >= 0.6 is 155 Å². The Bertz CT molecular complexity index is 284. The first-order valence-electron chi connectivity index (χ1n) is 3.90. The van der Waals surface area contributed by atoms with Gasteiger partial charge in [0.15, 0.2) is 0 Å². The van der Waals surface area contributed by atoms with E-state index < -0.39 is 34.0 Å². The van der Waals surface area contributed by atoms with E-state index in [2.05, 4.69) is 0 Å². The van der Waals surface area contributed by atoms with E-state index in [0.29, 0.717) is 0 Å². The Morgan fingerprint density at radius 3 is 0.400 bits per heavy atom. The molecule has 0 atom stereocenters. The molecule has 0 heterocycles. The highest BCUT2D eigenvalue weighted by Gasteiger charge is 2.89. The lowest BCUT2D eigenvalue weighted by molar-refractivity contribution is 3.11. The van der Waals surface area contributed by atoms with Gasteiger partial charge in [-0.2, -0.15) is 22.2 Å². The Labute approximate surface area is 186 Å². The second-order valence-electron chi connectivity index (χ2n) is 3.31. The van der Waals surface area contributed by atoms with Crippen LogP contribution in [0.5, 0.6) is 0 Å². The fourth-order valence-corrected chi connectivity index (χ4v) is 268.